The third kappa shape index (κ3) is 7.26. The Hall–Kier alpha value is -4.41. The summed E-state index contributed by atoms with van der Waals surface area (Å²) in [5, 5.41) is 5.33. The third-order valence-electron chi connectivity index (χ3n) is 7.58. The van der Waals surface area contributed by atoms with Gasteiger partial charge in [-0.3, -0.25) is 19.2 Å². The van der Waals surface area contributed by atoms with E-state index in [1.165, 1.54) is 9.80 Å². The SMILES string of the molecule is CC(C)C[C@H](NC(=O)c1ccc(N(C)C)cc1)C(=O)N1CC[C@@H]2C1C(=O)CN2C(=O)CNC(=O)OCc1ccccc1. The van der Waals surface area contributed by atoms with E-state index in [0.29, 0.717) is 18.4 Å². The maximum absolute atomic E-state index is 13.7. The lowest BCUT2D eigenvalue weighted by molar-refractivity contribution is -0.138. The van der Waals surface area contributed by atoms with Gasteiger partial charge in [-0.15, -0.1) is 0 Å². The molecule has 0 bridgehead atoms. The van der Waals surface area contributed by atoms with Gasteiger partial charge >= 0.3 is 6.09 Å². The first-order valence-electron chi connectivity index (χ1n) is 14.2. The molecule has 0 spiro atoms. The zero-order chi connectivity index (χ0) is 30.4. The monoisotopic (exact) mass is 577 g/mol. The van der Waals surface area contributed by atoms with E-state index in [0.717, 1.165) is 11.3 Å². The van der Waals surface area contributed by atoms with Gasteiger partial charge in [0.25, 0.3) is 5.91 Å². The largest absolute Gasteiger partial charge is 0.445 e. The summed E-state index contributed by atoms with van der Waals surface area (Å²) in [5.74, 6) is -1.25. The van der Waals surface area contributed by atoms with E-state index < -0.39 is 30.1 Å². The Labute approximate surface area is 246 Å². The first kappa shape index (κ1) is 30.5. The number of likely N-dealkylation sites (tertiary alicyclic amines) is 2. The van der Waals surface area contributed by atoms with Crippen molar-refractivity contribution in [3.63, 3.8) is 0 Å². The Morgan fingerprint density at radius 1 is 1.00 bits per heavy atom. The van der Waals surface area contributed by atoms with E-state index in [4.69, 9.17) is 4.74 Å². The first-order chi connectivity index (χ1) is 20.0. The Morgan fingerprint density at radius 2 is 1.69 bits per heavy atom. The number of carbonyl (C=O) groups is 5. The van der Waals surface area contributed by atoms with E-state index in [-0.39, 0.29) is 49.8 Å². The zero-order valence-electron chi connectivity index (χ0n) is 24.5. The number of amides is 4. The molecule has 4 rings (SSSR count). The number of ether oxygens (including phenoxy) is 1. The minimum Gasteiger partial charge on any atom is -0.445 e. The average Bonchev–Trinajstić information content (AvgIpc) is 3.55. The molecular formula is C31H39N5O6. The number of benzene rings is 2. The molecular weight excluding hydrogens is 538 g/mol. The maximum atomic E-state index is 13.7. The highest BCUT2D eigenvalue weighted by Crippen LogP contribution is 2.31. The summed E-state index contributed by atoms with van der Waals surface area (Å²) >= 11 is 0. The molecule has 2 aliphatic heterocycles. The molecule has 11 heteroatoms. The van der Waals surface area contributed by atoms with Crippen LogP contribution in [0.4, 0.5) is 10.5 Å². The summed E-state index contributed by atoms with van der Waals surface area (Å²) in [7, 11) is 3.82. The Balaban J connectivity index is 1.36. The molecule has 2 fully saturated rings. The number of nitrogens with one attached hydrogen (secondary N) is 2. The second kappa shape index (κ2) is 13.5. The molecule has 2 aliphatic rings. The number of alkyl carbamates (subject to hydrolysis) is 1. The molecule has 2 aromatic rings. The maximum Gasteiger partial charge on any atom is 0.407 e. The minimum absolute atomic E-state index is 0.0698. The Morgan fingerprint density at radius 3 is 2.33 bits per heavy atom. The predicted octanol–water partition coefficient (Wildman–Crippen LogP) is 2.20. The lowest BCUT2D eigenvalue weighted by atomic mass is 10.0. The van der Waals surface area contributed by atoms with Gasteiger partial charge in [-0.1, -0.05) is 44.2 Å². The van der Waals surface area contributed by atoms with E-state index >= 15 is 0 Å². The minimum atomic E-state index is -0.816. The smallest absolute Gasteiger partial charge is 0.407 e. The summed E-state index contributed by atoms with van der Waals surface area (Å²) < 4.78 is 5.16. The van der Waals surface area contributed by atoms with Crippen LogP contribution in [-0.2, 0) is 25.7 Å². The van der Waals surface area contributed by atoms with Gasteiger partial charge in [0.05, 0.1) is 12.6 Å². The van der Waals surface area contributed by atoms with Crippen LogP contribution in [0.5, 0.6) is 0 Å². The van der Waals surface area contributed by atoms with Crippen molar-refractivity contribution >= 4 is 35.3 Å². The van der Waals surface area contributed by atoms with Crippen molar-refractivity contribution in [3.05, 3.63) is 65.7 Å². The average molecular weight is 578 g/mol. The Kier molecular flexibility index (Phi) is 9.82. The lowest BCUT2D eigenvalue weighted by Crippen LogP contribution is -2.53. The van der Waals surface area contributed by atoms with Gasteiger partial charge in [0.2, 0.25) is 11.8 Å². The number of hydrogen-bond donors (Lipinski definition) is 2. The summed E-state index contributed by atoms with van der Waals surface area (Å²) in [6.07, 6.45) is 0.0990. The molecule has 0 saturated carbocycles. The fourth-order valence-corrected chi connectivity index (χ4v) is 5.46. The highest BCUT2D eigenvalue weighted by atomic mass is 16.5. The predicted molar refractivity (Wildman–Crippen MR) is 157 cm³/mol. The van der Waals surface area contributed by atoms with Crippen LogP contribution in [0.15, 0.2) is 54.6 Å². The van der Waals surface area contributed by atoms with Crippen LogP contribution >= 0.6 is 0 Å². The van der Waals surface area contributed by atoms with Crippen molar-refractivity contribution in [1.82, 2.24) is 20.4 Å². The van der Waals surface area contributed by atoms with Crippen LogP contribution < -0.4 is 15.5 Å². The molecule has 0 aromatic heterocycles. The molecule has 1 unspecified atom stereocenters. The van der Waals surface area contributed by atoms with Crippen LogP contribution in [0.3, 0.4) is 0 Å². The van der Waals surface area contributed by atoms with E-state index in [1.807, 2.05) is 75.3 Å². The molecule has 2 heterocycles. The van der Waals surface area contributed by atoms with E-state index in [2.05, 4.69) is 10.6 Å². The van der Waals surface area contributed by atoms with Crippen molar-refractivity contribution in [2.45, 2.75) is 51.4 Å². The van der Waals surface area contributed by atoms with Gasteiger partial charge < -0.3 is 30.1 Å². The molecule has 0 radical (unpaired) electrons. The number of hydrogen-bond acceptors (Lipinski definition) is 7. The number of Topliss-reactive ketones (excluding diaryl/α,β-unsaturated/α-hetero) is 1. The number of carbonyl (C=O) groups excluding carboxylic acids is 5. The number of fused-ring (bicyclic) bond motifs is 1. The summed E-state index contributed by atoms with van der Waals surface area (Å²) in [6, 6.07) is 14.2. The molecule has 11 nitrogen and oxygen atoms in total. The quantitative estimate of drug-likeness (QED) is 0.443. The van der Waals surface area contributed by atoms with Gasteiger partial charge in [-0.05, 0) is 48.6 Å². The van der Waals surface area contributed by atoms with Gasteiger partial charge in [-0.2, -0.15) is 0 Å². The molecule has 0 aliphatic carbocycles. The molecule has 2 aromatic carbocycles. The summed E-state index contributed by atoms with van der Waals surface area (Å²) in [6.45, 7) is 3.82. The van der Waals surface area contributed by atoms with Gasteiger partial charge in [0.1, 0.15) is 25.2 Å². The second-order valence-corrected chi connectivity index (χ2v) is 11.3. The van der Waals surface area contributed by atoms with Gasteiger partial charge in [0, 0.05) is 31.9 Å². The lowest BCUT2D eigenvalue weighted by Gasteiger charge is -2.29. The van der Waals surface area contributed by atoms with Gasteiger partial charge in [-0.25, -0.2) is 4.79 Å². The molecule has 4 amide bonds. The van der Waals surface area contributed by atoms with E-state index in [9.17, 15) is 24.0 Å². The zero-order valence-corrected chi connectivity index (χ0v) is 24.5. The third-order valence-corrected chi connectivity index (χ3v) is 7.58. The number of rotatable bonds is 10. The van der Waals surface area contributed by atoms with Crippen molar-refractivity contribution in [2.75, 3.05) is 38.6 Å². The first-order valence-corrected chi connectivity index (χ1v) is 14.2. The van der Waals surface area contributed by atoms with Crippen LogP contribution in [0.25, 0.3) is 0 Å². The fourth-order valence-electron chi connectivity index (χ4n) is 5.46. The summed E-state index contributed by atoms with van der Waals surface area (Å²) in [5.41, 5.74) is 2.20. The second-order valence-electron chi connectivity index (χ2n) is 11.3. The topological polar surface area (TPSA) is 128 Å². The Bertz CT molecular complexity index is 1300. The van der Waals surface area contributed by atoms with Crippen molar-refractivity contribution in [3.8, 4) is 0 Å². The van der Waals surface area contributed by atoms with Crippen LogP contribution in [0.1, 0.15) is 42.6 Å². The van der Waals surface area contributed by atoms with Crippen LogP contribution in [0, 0.1) is 5.92 Å². The highest BCUT2D eigenvalue weighted by molar-refractivity contribution is 6.01. The van der Waals surface area contributed by atoms with Crippen molar-refractivity contribution in [2.24, 2.45) is 5.92 Å². The number of anilines is 1. The van der Waals surface area contributed by atoms with E-state index in [1.54, 1.807) is 12.1 Å². The standard InChI is InChI=1S/C31H39N5O6/c1-20(2)16-24(33-29(39)22-10-12-23(13-11-22)34(3)4)30(40)35-15-14-25-28(35)26(37)18-36(25)27(38)17-32-31(41)42-19-21-8-6-5-7-9-21/h5-13,20,24-25,28H,14-19H2,1-4H3,(H,32,41)(H,33,39)/t24-,25+,28?/m0/s1. The number of nitrogens with zero attached hydrogens (tertiary/aromatic N) is 3. The fraction of sp³-hybridized carbons (Fsp3) is 0.452. The number of ketones is 1. The van der Waals surface area contributed by atoms with Crippen LogP contribution in [0.2, 0.25) is 0 Å². The molecule has 3 atom stereocenters. The molecule has 42 heavy (non-hydrogen) atoms. The van der Waals surface area contributed by atoms with Crippen molar-refractivity contribution in [1.29, 1.82) is 0 Å². The van der Waals surface area contributed by atoms with Crippen LogP contribution in [-0.4, -0.2) is 91.3 Å². The molecule has 224 valence electrons. The summed E-state index contributed by atoms with van der Waals surface area (Å²) in [4.78, 5) is 69.8. The van der Waals surface area contributed by atoms with Crippen molar-refractivity contribution < 1.29 is 28.7 Å². The molecule has 2 N–H and O–H groups in total. The normalized spacial score (nSPS) is 18.5. The van der Waals surface area contributed by atoms with Gasteiger partial charge in [0.15, 0.2) is 5.78 Å². The molecule has 2 saturated heterocycles. The highest BCUT2D eigenvalue weighted by Gasteiger charge is 2.52.